The van der Waals surface area contributed by atoms with Crippen LogP contribution in [0, 0.1) is 5.92 Å². The number of ether oxygens (including phenoxy) is 2. The molecular formula is C22H20N2O6. The molecule has 4 rings (SSSR count). The third-order valence-corrected chi connectivity index (χ3v) is 5.20. The summed E-state index contributed by atoms with van der Waals surface area (Å²) in [4.78, 5) is 51.3. The smallest absolute Gasteiger partial charge is 0.316 e. The van der Waals surface area contributed by atoms with E-state index in [0.717, 1.165) is 4.90 Å². The Morgan fingerprint density at radius 1 is 0.933 bits per heavy atom. The summed E-state index contributed by atoms with van der Waals surface area (Å²) < 4.78 is 10.7. The fraction of sp³-hybridized carbons (Fsp3) is 0.273. The first kappa shape index (κ1) is 19.6. The van der Waals surface area contributed by atoms with Crippen molar-refractivity contribution in [1.82, 2.24) is 0 Å². The number of esters is 1. The molecule has 1 unspecified atom stereocenters. The summed E-state index contributed by atoms with van der Waals surface area (Å²) in [7, 11) is 1.53. The number of nitrogens with zero attached hydrogens (tertiary/aromatic N) is 2. The molecule has 2 saturated heterocycles. The Hall–Kier alpha value is -3.68. The molecule has 2 aromatic carbocycles. The van der Waals surface area contributed by atoms with Gasteiger partial charge in [-0.1, -0.05) is 12.1 Å². The topological polar surface area (TPSA) is 93.2 Å². The van der Waals surface area contributed by atoms with Gasteiger partial charge in [0.05, 0.1) is 24.4 Å². The Bertz CT molecular complexity index is 1000. The molecule has 3 amide bonds. The van der Waals surface area contributed by atoms with Gasteiger partial charge in [0.2, 0.25) is 17.7 Å². The van der Waals surface area contributed by atoms with Crippen molar-refractivity contribution in [3.8, 4) is 11.5 Å². The van der Waals surface area contributed by atoms with E-state index in [1.807, 2.05) is 6.07 Å². The lowest BCUT2D eigenvalue weighted by molar-refractivity contribution is -0.139. The molecule has 8 nitrogen and oxygen atoms in total. The van der Waals surface area contributed by atoms with Crippen molar-refractivity contribution in [2.45, 2.75) is 19.3 Å². The number of methoxy groups -OCH3 is 1. The second-order valence-corrected chi connectivity index (χ2v) is 7.12. The number of imide groups is 1. The Labute approximate surface area is 173 Å². The van der Waals surface area contributed by atoms with Gasteiger partial charge >= 0.3 is 5.97 Å². The van der Waals surface area contributed by atoms with E-state index in [-0.39, 0.29) is 49.3 Å². The first-order valence-electron chi connectivity index (χ1n) is 9.59. The minimum atomic E-state index is -0.608. The van der Waals surface area contributed by atoms with Crippen molar-refractivity contribution in [2.75, 3.05) is 23.5 Å². The van der Waals surface area contributed by atoms with Crippen molar-refractivity contribution in [2.24, 2.45) is 5.92 Å². The molecule has 0 N–H and O–H groups in total. The van der Waals surface area contributed by atoms with E-state index in [9.17, 15) is 19.2 Å². The van der Waals surface area contributed by atoms with Gasteiger partial charge in [0.25, 0.3) is 0 Å². The normalized spacial score (nSPS) is 18.8. The zero-order valence-corrected chi connectivity index (χ0v) is 16.4. The molecule has 0 spiro atoms. The van der Waals surface area contributed by atoms with Crippen molar-refractivity contribution in [1.29, 1.82) is 0 Å². The van der Waals surface area contributed by atoms with Crippen LogP contribution in [-0.4, -0.2) is 37.3 Å². The molecular weight excluding hydrogens is 388 g/mol. The van der Waals surface area contributed by atoms with Crippen LogP contribution in [-0.2, 0) is 19.2 Å². The monoisotopic (exact) mass is 408 g/mol. The van der Waals surface area contributed by atoms with Crippen LogP contribution in [0.1, 0.15) is 19.3 Å². The van der Waals surface area contributed by atoms with Gasteiger partial charge in [-0.3, -0.25) is 24.1 Å². The fourth-order valence-corrected chi connectivity index (χ4v) is 3.68. The molecule has 2 aromatic rings. The number of benzene rings is 2. The summed E-state index contributed by atoms with van der Waals surface area (Å²) in [5, 5.41) is 0. The third-order valence-electron chi connectivity index (χ3n) is 5.20. The maximum Gasteiger partial charge on any atom is 0.316 e. The van der Waals surface area contributed by atoms with Gasteiger partial charge in [-0.2, -0.15) is 0 Å². The van der Waals surface area contributed by atoms with Gasteiger partial charge < -0.3 is 14.4 Å². The van der Waals surface area contributed by atoms with E-state index in [2.05, 4.69) is 0 Å². The molecule has 2 aliphatic heterocycles. The fourth-order valence-electron chi connectivity index (χ4n) is 3.68. The van der Waals surface area contributed by atoms with Crippen LogP contribution in [0.15, 0.2) is 48.5 Å². The highest BCUT2D eigenvalue weighted by molar-refractivity contribution is 6.19. The second-order valence-electron chi connectivity index (χ2n) is 7.12. The standard InChI is InChI=1S/C22H20N2O6/c1-29-18-5-3-2-4-17(18)23-13-14(12-21(23)27)22(28)30-16-8-6-15(7-9-16)24-19(25)10-11-20(24)26/h2-9,14H,10-13H2,1H3. The summed E-state index contributed by atoms with van der Waals surface area (Å²) in [5.41, 5.74) is 1.06. The molecule has 0 radical (unpaired) electrons. The highest BCUT2D eigenvalue weighted by atomic mass is 16.5. The predicted octanol–water partition coefficient (Wildman–Crippen LogP) is 2.31. The highest BCUT2D eigenvalue weighted by Gasteiger charge is 2.37. The van der Waals surface area contributed by atoms with E-state index in [0.29, 0.717) is 17.1 Å². The minimum Gasteiger partial charge on any atom is -0.495 e. The van der Waals surface area contributed by atoms with E-state index in [1.54, 1.807) is 30.3 Å². The summed E-state index contributed by atoms with van der Waals surface area (Å²) in [5.74, 6) is -0.947. The van der Waals surface area contributed by atoms with Crippen LogP contribution in [0.2, 0.25) is 0 Å². The second kappa shape index (κ2) is 7.98. The van der Waals surface area contributed by atoms with Gasteiger partial charge in [-0.15, -0.1) is 0 Å². The Kier molecular flexibility index (Phi) is 5.22. The van der Waals surface area contributed by atoms with E-state index in [1.165, 1.54) is 24.1 Å². The Morgan fingerprint density at radius 2 is 1.60 bits per heavy atom. The van der Waals surface area contributed by atoms with Crippen LogP contribution < -0.4 is 19.3 Å². The molecule has 30 heavy (non-hydrogen) atoms. The lowest BCUT2D eigenvalue weighted by Crippen LogP contribution is -2.28. The Morgan fingerprint density at radius 3 is 2.27 bits per heavy atom. The molecule has 2 fully saturated rings. The van der Waals surface area contributed by atoms with Gasteiger partial charge in [0.15, 0.2) is 0 Å². The van der Waals surface area contributed by atoms with Gasteiger partial charge in [0.1, 0.15) is 11.5 Å². The van der Waals surface area contributed by atoms with Crippen LogP contribution in [0.4, 0.5) is 11.4 Å². The quantitative estimate of drug-likeness (QED) is 0.428. The lowest BCUT2D eigenvalue weighted by atomic mass is 10.1. The average molecular weight is 408 g/mol. The summed E-state index contributed by atoms with van der Waals surface area (Å²) in [6.07, 6.45) is 0.452. The average Bonchev–Trinajstić information content (AvgIpc) is 3.30. The highest BCUT2D eigenvalue weighted by Crippen LogP contribution is 2.33. The van der Waals surface area contributed by atoms with E-state index >= 15 is 0 Å². The maximum absolute atomic E-state index is 12.6. The number of anilines is 2. The molecule has 0 aliphatic carbocycles. The van der Waals surface area contributed by atoms with Gasteiger partial charge in [-0.25, -0.2) is 0 Å². The first-order valence-corrected chi connectivity index (χ1v) is 9.59. The largest absolute Gasteiger partial charge is 0.495 e. The number of rotatable bonds is 5. The first-order chi connectivity index (χ1) is 14.5. The minimum absolute atomic E-state index is 0.0474. The summed E-state index contributed by atoms with van der Waals surface area (Å²) in [6, 6.07) is 13.3. The number of hydrogen-bond donors (Lipinski definition) is 0. The maximum atomic E-state index is 12.6. The number of para-hydroxylation sites is 2. The molecule has 0 saturated carbocycles. The zero-order chi connectivity index (χ0) is 21.3. The number of amides is 3. The van der Waals surface area contributed by atoms with Crippen molar-refractivity contribution in [3.05, 3.63) is 48.5 Å². The van der Waals surface area contributed by atoms with Crippen molar-refractivity contribution >= 4 is 35.1 Å². The summed E-state index contributed by atoms with van der Waals surface area (Å²) >= 11 is 0. The van der Waals surface area contributed by atoms with Crippen LogP contribution >= 0.6 is 0 Å². The molecule has 1 atom stereocenters. The Balaban J connectivity index is 1.43. The van der Waals surface area contributed by atoms with Crippen molar-refractivity contribution < 1.29 is 28.7 Å². The molecule has 8 heteroatoms. The van der Waals surface area contributed by atoms with Crippen LogP contribution in [0.3, 0.4) is 0 Å². The van der Waals surface area contributed by atoms with Gasteiger partial charge in [0, 0.05) is 25.8 Å². The van der Waals surface area contributed by atoms with Crippen LogP contribution in [0.25, 0.3) is 0 Å². The van der Waals surface area contributed by atoms with Crippen LogP contribution in [0.5, 0.6) is 11.5 Å². The number of hydrogen-bond acceptors (Lipinski definition) is 6. The van der Waals surface area contributed by atoms with Crippen molar-refractivity contribution in [3.63, 3.8) is 0 Å². The number of carbonyl (C=O) groups is 4. The molecule has 154 valence electrons. The SMILES string of the molecule is COc1ccccc1N1CC(C(=O)Oc2ccc(N3C(=O)CCC3=O)cc2)CC1=O. The molecule has 2 aliphatic rings. The van der Waals surface area contributed by atoms with Gasteiger partial charge in [-0.05, 0) is 36.4 Å². The third kappa shape index (κ3) is 3.63. The predicted molar refractivity (Wildman–Crippen MR) is 107 cm³/mol. The molecule has 0 bridgehead atoms. The number of carbonyl (C=O) groups excluding carboxylic acids is 4. The zero-order valence-electron chi connectivity index (χ0n) is 16.4. The summed E-state index contributed by atoms with van der Waals surface area (Å²) in [6.45, 7) is 0.201. The van der Waals surface area contributed by atoms with E-state index < -0.39 is 11.9 Å². The van der Waals surface area contributed by atoms with E-state index in [4.69, 9.17) is 9.47 Å². The molecule has 2 heterocycles. The lowest BCUT2D eigenvalue weighted by Gasteiger charge is -2.19. The molecule has 0 aromatic heterocycles.